The Labute approximate surface area is 149 Å². The third-order valence-electron chi connectivity index (χ3n) is 4.16. The Kier molecular flexibility index (Phi) is 3.85. The molecule has 4 rings (SSSR count). The van der Waals surface area contributed by atoms with E-state index < -0.39 is 11.5 Å². The van der Waals surface area contributed by atoms with Crippen molar-refractivity contribution >= 4 is 22.6 Å². The van der Waals surface area contributed by atoms with Crippen LogP contribution in [0, 0.1) is 6.92 Å². The number of rotatable bonds is 3. The van der Waals surface area contributed by atoms with Gasteiger partial charge in [-0.25, -0.2) is 4.98 Å². The number of H-pyrrole nitrogens is 1. The number of aromatic amines is 1. The number of anilines is 1. The molecule has 4 aromatic rings. The predicted molar refractivity (Wildman–Crippen MR) is 101 cm³/mol. The first-order chi connectivity index (χ1) is 12.6. The molecular weight excluding hydrogens is 328 g/mol. The summed E-state index contributed by atoms with van der Waals surface area (Å²) in [7, 11) is 0. The maximum absolute atomic E-state index is 12.3. The molecule has 0 radical (unpaired) electrons. The average molecular weight is 344 g/mol. The van der Waals surface area contributed by atoms with Gasteiger partial charge in [-0.15, -0.1) is 0 Å². The van der Waals surface area contributed by atoms with Crippen LogP contribution in [0.5, 0.6) is 0 Å². The van der Waals surface area contributed by atoms with Gasteiger partial charge >= 0.3 is 0 Å². The summed E-state index contributed by atoms with van der Waals surface area (Å²) >= 11 is 0. The lowest BCUT2D eigenvalue weighted by Gasteiger charge is -2.07. The minimum absolute atomic E-state index is 0.0681. The van der Waals surface area contributed by atoms with Gasteiger partial charge in [0.05, 0.1) is 11.0 Å². The van der Waals surface area contributed by atoms with Crippen LogP contribution in [-0.4, -0.2) is 20.4 Å². The molecule has 128 valence electrons. The van der Waals surface area contributed by atoms with E-state index in [9.17, 15) is 9.59 Å². The minimum atomic E-state index is -0.453. The van der Waals surface area contributed by atoms with Gasteiger partial charge in [0.2, 0.25) is 0 Å². The Morgan fingerprint density at radius 3 is 2.65 bits per heavy atom. The first-order valence-electron chi connectivity index (χ1n) is 8.17. The monoisotopic (exact) mass is 344 g/mol. The molecule has 0 bridgehead atoms. The molecule has 2 heterocycles. The number of pyridine rings is 1. The van der Waals surface area contributed by atoms with E-state index in [1.54, 1.807) is 18.2 Å². The molecular formula is C20H16N4O2. The van der Waals surface area contributed by atoms with E-state index in [-0.39, 0.29) is 5.56 Å². The van der Waals surface area contributed by atoms with Crippen LogP contribution in [0.3, 0.4) is 0 Å². The van der Waals surface area contributed by atoms with Crippen molar-refractivity contribution in [1.82, 2.24) is 14.5 Å². The summed E-state index contributed by atoms with van der Waals surface area (Å²) in [6.45, 7) is 1.94. The number of benzene rings is 2. The first kappa shape index (κ1) is 15.8. The zero-order chi connectivity index (χ0) is 18.1. The number of amides is 1. The van der Waals surface area contributed by atoms with Crippen LogP contribution in [0.25, 0.3) is 16.7 Å². The van der Waals surface area contributed by atoms with Crippen LogP contribution >= 0.6 is 0 Å². The molecule has 0 saturated carbocycles. The molecule has 6 heteroatoms. The van der Waals surface area contributed by atoms with E-state index in [2.05, 4.69) is 19.9 Å². The van der Waals surface area contributed by atoms with Crippen molar-refractivity contribution in [2.24, 2.45) is 0 Å². The summed E-state index contributed by atoms with van der Waals surface area (Å²) in [6.07, 6.45) is 1.49. The largest absolute Gasteiger partial charge is 0.328 e. The zero-order valence-corrected chi connectivity index (χ0v) is 14.1. The summed E-state index contributed by atoms with van der Waals surface area (Å²) in [4.78, 5) is 31.1. The summed E-state index contributed by atoms with van der Waals surface area (Å²) in [5.74, 6) is 0.402. The number of hydrogen-bond acceptors (Lipinski definition) is 3. The lowest BCUT2D eigenvalue weighted by molar-refractivity contribution is 0.102. The quantitative estimate of drug-likeness (QED) is 0.598. The molecule has 6 nitrogen and oxygen atoms in total. The van der Waals surface area contributed by atoms with E-state index in [0.717, 1.165) is 22.5 Å². The van der Waals surface area contributed by atoms with Gasteiger partial charge in [-0.3, -0.25) is 14.2 Å². The molecule has 2 aromatic carbocycles. The molecule has 1 amide bonds. The van der Waals surface area contributed by atoms with E-state index in [4.69, 9.17) is 0 Å². The van der Waals surface area contributed by atoms with Crippen molar-refractivity contribution in [3.63, 3.8) is 0 Å². The third-order valence-corrected chi connectivity index (χ3v) is 4.16. The van der Waals surface area contributed by atoms with Gasteiger partial charge in [-0.2, -0.15) is 0 Å². The number of aromatic nitrogens is 3. The van der Waals surface area contributed by atoms with Crippen molar-refractivity contribution < 1.29 is 4.79 Å². The van der Waals surface area contributed by atoms with Gasteiger partial charge in [0.25, 0.3) is 11.5 Å². The van der Waals surface area contributed by atoms with Crippen molar-refractivity contribution in [3.8, 4) is 5.69 Å². The van der Waals surface area contributed by atoms with E-state index in [0.29, 0.717) is 5.69 Å². The number of nitrogens with zero attached hydrogens (tertiary/aromatic N) is 2. The number of para-hydroxylation sites is 1. The number of imidazole rings is 1. The zero-order valence-electron chi connectivity index (χ0n) is 14.1. The number of carbonyl (C=O) groups excluding carboxylic acids is 1. The van der Waals surface area contributed by atoms with Crippen LogP contribution in [-0.2, 0) is 0 Å². The second-order valence-corrected chi connectivity index (χ2v) is 5.90. The maximum Gasteiger partial charge on any atom is 0.261 e. The molecule has 0 spiro atoms. The highest BCUT2D eigenvalue weighted by Crippen LogP contribution is 2.24. The van der Waals surface area contributed by atoms with Gasteiger partial charge in [-0.05, 0) is 49.4 Å². The molecule has 0 saturated heterocycles. The predicted octanol–water partition coefficient (Wildman–Crippen LogP) is 3.27. The van der Waals surface area contributed by atoms with Crippen LogP contribution in [0.2, 0.25) is 0 Å². The fourth-order valence-corrected chi connectivity index (χ4v) is 2.98. The molecule has 2 N–H and O–H groups in total. The molecule has 0 aliphatic rings. The highest BCUT2D eigenvalue weighted by atomic mass is 16.2. The van der Waals surface area contributed by atoms with Gasteiger partial charge < -0.3 is 10.3 Å². The second kappa shape index (κ2) is 6.33. The summed E-state index contributed by atoms with van der Waals surface area (Å²) in [5.41, 5.74) is 2.98. The number of carbonyl (C=O) groups is 1. The summed E-state index contributed by atoms with van der Waals surface area (Å²) in [5, 5.41) is 2.75. The fourth-order valence-electron chi connectivity index (χ4n) is 2.98. The number of hydrogen-bond donors (Lipinski definition) is 2. The second-order valence-electron chi connectivity index (χ2n) is 5.90. The topological polar surface area (TPSA) is 79.8 Å². The van der Waals surface area contributed by atoms with Crippen molar-refractivity contribution in [2.75, 3.05) is 5.32 Å². The molecule has 2 aromatic heterocycles. The molecule has 0 atom stereocenters. The Hall–Kier alpha value is -3.67. The van der Waals surface area contributed by atoms with Crippen molar-refractivity contribution in [2.45, 2.75) is 6.92 Å². The lowest BCUT2D eigenvalue weighted by atomic mass is 10.2. The van der Waals surface area contributed by atoms with Gasteiger partial charge in [0.15, 0.2) is 0 Å². The molecule has 0 aliphatic heterocycles. The van der Waals surface area contributed by atoms with Crippen molar-refractivity contribution in [1.29, 1.82) is 0 Å². The number of fused-ring (bicyclic) bond motifs is 1. The maximum atomic E-state index is 12.3. The molecule has 0 aliphatic carbocycles. The average Bonchev–Trinajstić information content (AvgIpc) is 2.97. The smallest absolute Gasteiger partial charge is 0.261 e. The van der Waals surface area contributed by atoms with Gasteiger partial charge in [0, 0.05) is 17.6 Å². The van der Waals surface area contributed by atoms with E-state index in [1.807, 2.05) is 43.3 Å². The summed E-state index contributed by atoms with van der Waals surface area (Å²) in [6, 6.07) is 18.6. The normalized spacial score (nSPS) is 10.8. The highest BCUT2D eigenvalue weighted by molar-refractivity contribution is 6.04. The van der Waals surface area contributed by atoms with Gasteiger partial charge in [-0.1, -0.05) is 18.2 Å². The van der Waals surface area contributed by atoms with Crippen molar-refractivity contribution in [3.05, 3.63) is 88.6 Å². The standard InChI is InChI=1S/C20H16N4O2/c1-13-22-17-12-14(23-20(26)16-8-5-11-21-19(16)25)9-10-18(17)24(13)15-6-3-2-4-7-15/h2-12H,1H3,(H,21,25)(H,23,26). The first-order valence-corrected chi connectivity index (χ1v) is 8.17. The Morgan fingerprint density at radius 1 is 1.08 bits per heavy atom. The molecule has 0 unspecified atom stereocenters. The molecule has 0 fully saturated rings. The van der Waals surface area contributed by atoms with E-state index >= 15 is 0 Å². The van der Waals surface area contributed by atoms with Crippen LogP contribution in [0.1, 0.15) is 16.2 Å². The lowest BCUT2D eigenvalue weighted by Crippen LogP contribution is -2.22. The Bertz CT molecular complexity index is 1160. The Balaban J connectivity index is 1.70. The highest BCUT2D eigenvalue weighted by Gasteiger charge is 2.13. The van der Waals surface area contributed by atoms with Gasteiger partial charge in [0.1, 0.15) is 11.4 Å². The van der Waals surface area contributed by atoms with Crippen LogP contribution in [0.4, 0.5) is 5.69 Å². The van der Waals surface area contributed by atoms with Crippen LogP contribution in [0.15, 0.2) is 71.7 Å². The Morgan fingerprint density at radius 2 is 1.88 bits per heavy atom. The minimum Gasteiger partial charge on any atom is -0.328 e. The fraction of sp³-hybridized carbons (Fsp3) is 0.0500. The summed E-state index contributed by atoms with van der Waals surface area (Å²) < 4.78 is 2.06. The number of nitrogens with one attached hydrogen (secondary N) is 2. The van der Waals surface area contributed by atoms with E-state index in [1.165, 1.54) is 12.3 Å². The molecule has 26 heavy (non-hydrogen) atoms. The third kappa shape index (κ3) is 2.77. The SMILES string of the molecule is Cc1nc2cc(NC(=O)c3ccc[nH]c3=O)ccc2n1-c1ccccc1. The van der Waals surface area contributed by atoms with Crippen LogP contribution < -0.4 is 10.9 Å². The number of aryl methyl sites for hydroxylation is 1.